The van der Waals surface area contributed by atoms with Crippen molar-refractivity contribution in [2.45, 2.75) is 0 Å². The van der Waals surface area contributed by atoms with Crippen molar-refractivity contribution in [3.63, 3.8) is 0 Å². The average molecular weight is 604 g/mol. The topological polar surface area (TPSA) is 51.1 Å². The number of fused-ring (bicyclic) bond motifs is 6. The predicted octanol–water partition coefficient (Wildman–Crippen LogP) is 9.95. The lowest BCUT2D eigenvalue weighted by atomic mass is 9.93. The van der Waals surface area contributed by atoms with Gasteiger partial charge >= 0.3 is 0 Å². The second-order valence-corrected chi connectivity index (χ2v) is 12.0. The molecule has 4 nitrogen and oxygen atoms in total. The molecule has 0 saturated carbocycles. The summed E-state index contributed by atoms with van der Waals surface area (Å²) < 4.78 is 0. The van der Waals surface area contributed by atoms with Crippen molar-refractivity contribution in [3.05, 3.63) is 180 Å². The molecule has 1 aliphatic heterocycles. The number of aliphatic imine (C=N–C) groups is 1. The van der Waals surface area contributed by atoms with E-state index >= 15 is 0 Å². The molecule has 1 aliphatic rings. The molecule has 0 amide bonds. The molecule has 0 radical (unpaired) electrons. The van der Waals surface area contributed by atoms with Crippen LogP contribution in [0.3, 0.4) is 0 Å². The Morgan fingerprint density at radius 3 is 1.34 bits per heavy atom. The lowest BCUT2D eigenvalue weighted by Gasteiger charge is -2.26. The van der Waals surface area contributed by atoms with Gasteiger partial charge in [0.15, 0.2) is 0 Å². The quantitative estimate of drug-likeness (QED) is 0.193. The SMILES string of the molecule is O[NH+]1C=C(c2ccc(-c3cc4ccccc4c4ccccc34)cc2)N=C(c2ccc(-c3cc4ccccc4c4ccccc34)cc2)[N-]1. The lowest BCUT2D eigenvalue weighted by molar-refractivity contribution is -1.01. The summed E-state index contributed by atoms with van der Waals surface area (Å²) in [5, 5.41) is 20.5. The second kappa shape index (κ2) is 11.1. The molecule has 1 unspecified atom stereocenters. The number of rotatable bonds is 4. The van der Waals surface area contributed by atoms with Gasteiger partial charge in [-0.25, -0.2) is 10.6 Å². The molecule has 1 atom stereocenters. The minimum Gasteiger partial charge on any atom is -0.427 e. The largest absolute Gasteiger partial charge is 0.427 e. The highest BCUT2D eigenvalue weighted by molar-refractivity contribution is 6.15. The van der Waals surface area contributed by atoms with Gasteiger partial charge in [0.2, 0.25) is 0 Å². The third-order valence-electron chi connectivity index (χ3n) is 9.19. The number of hydroxylamine groups is 1. The van der Waals surface area contributed by atoms with Gasteiger partial charge < -0.3 is 4.99 Å². The molecular weight excluding hydrogens is 574 g/mol. The summed E-state index contributed by atoms with van der Waals surface area (Å²) in [6, 6.07) is 55.4. The third-order valence-corrected chi connectivity index (χ3v) is 9.19. The van der Waals surface area contributed by atoms with Gasteiger partial charge in [-0.15, -0.1) is 5.17 Å². The summed E-state index contributed by atoms with van der Waals surface area (Å²) in [6.45, 7) is 0. The van der Waals surface area contributed by atoms with E-state index in [1.807, 2.05) is 12.1 Å². The van der Waals surface area contributed by atoms with Crippen LogP contribution in [0.4, 0.5) is 0 Å². The van der Waals surface area contributed by atoms with E-state index in [-0.39, 0.29) is 5.17 Å². The highest BCUT2D eigenvalue weighted by atomic mass is 16.5. The zero-order valence-electron chi connectivity index (χ0n) is 25.4. The van der Waals surface area contributed by atoms with Crippen LogP contribution < -0.4 is 5.17 Å². The number of benzene rings is 8. The number of hydrogen-bond acceptors (Lipinski definition) is 2. The second-order valence-electron chi connectivity index (χ2n) is 12.0. The maximum absolute atomic E-state index is 10.7. The van der Waals surface area contributed by atoms with E-state index in [0.717, 1.165) is 22.3 Å². The van der Waals surface area contributed by atoms with E-state index in [1.54, 1.807) is 6.20 Å². The van der Waals surface area contributed by atoms with Crippen molar-refractivity contribution < 1.29 is 10.4 Å². The number of hydrogen-bond donors (Lipinski definition) is 2. The van der Waals surface area contributed by atoms with Crippen LogP contribution in [0.25, 0.3) is 76.5 Å². The van der Waals surface area contributed by atoms with Gasteiger partial charge in [-0.1, -0.05) is 146 Å². The summed E-state index contributed by atoms with van der Waals surface area (Å²) >= 11 is 0. The summed E-state index contributed by atoms with van der Waals surface area (Å²) in [5.74, 6) is 0.486. The van der Waals surface area contributed by atoms with Gasteiger partial charge in [-0.05, 0) is 88.6 Å². The molecule has 0 saturated heterocycles. The molecule has 9 rings (SSSR count). The Balaban J connectivity index is 1.05. The normalized spacial score (nSPS) is 14.7. The molecule has 47 heavy (non-hydrogen) atoms. The summed E-state index contributed by atoms with van der Waals surface area (Å²) in [4.78, 5) is 4.89. The maximum Gasteiger partial charge on any atom is 0.141 e. The Morgan fingerprint density at radius 2 is 0.830 bits per heavy atom. The van der Waals surface area contributed by atoms with Crippen molar-refractivity contribution in [3.8, 4) is 22.3 Å². The molecule has 0 aromatic heterocycles. The van der Waals surface area contributed by atoms with Gasteiger partial charge in [0, 0.05) is 11.5 Å². The minimum atomic E-state index is -0.0563. The van der Waals surface area contributed by atoms with E-state index in [1.165, 1.54) is 54.2 Å². The van der Waals surface area contributed by atoms with Crippen LogP contribution in [0.2, 0.25) is 0 Å². The van der Waals surface area contributed by atoms with Crippen LogP contribution in [0.15, 0.2) is 169 Å². The van der Waals surface area contributed by atoms with Crippen LogP contribution in [0.5, 0.6) is 0 Å². The summed E-state index contributed by atoms with van der Waals surface area (Å²) in [7, 11) is 0. The minimum absolute atomic E-state index is 0.0563. The Kier molecular flexibility index (Phi) is 6.42. The molecule has 4 heteroatoms. The van der Waals surface area contributed by atoms with Crippen LogP contribution in [0.1, 0.15) is 11.1 Å². The van der Waals surface area contributed by atoms with Crippen molar-refractivity contribution in [1.29, 1.82) is 0 Å². The first-order valence-electron chi connectivity index (χ1n) is 15.8. The molecular formula is C43H29N3O. The molecule has 1 heterocycles. The molecule has 0 fully saturated rings. The summed E-state index contributed by atoms with van der Waals surface area (Å²) in [5.41, 5.74) is 11.4. The van der Waals surface area contributed by atoms with Crippen LogP contribution in [0, 0.1) is 0 Å². The van der Waals surface area contributed by atoms with E-state index in [0.29, 0.717) is 11.5 Å². The molecule has 2 N–H and O–H groups in total. The lowest BCUT2D eigenvalue weighted by Crippen LogP contribution is -3.01. The first-order valence-corrected chi connectivity index (χ1v) is 15.8. The van der Waals surface area contributed by atoms with Gasteiger partial charge in [0.25, 0.3) is 0 Å². The first-order chi connectivity index (χ1) is 23.2. The Morgan fingerprint density at radius 1 is 0.426 bits per heavy atom. The monoisotopic (exact) mass is 603 g/mol. The standard InChI is InChI=1S/C43H29N3O/c47-46-27-42(30-21-17-28(18-22-30)40-25-32-9-1-3-11-34(32)36-13-5-7-15-38(36)40)44-43(45-46)31-23-19-29(20-24-31)41-26-33-10-2-4-12-35(33)37-14-6-8-16-39(37)41/h1-27,46-47H. The summed E-state index contributed by atoms with van der Waals surface area (Å²) in [6.07, 6.45) is 1.62. The number of nitrogens with one attached hydrogen (secondary N) is 1. The Labute approximate surface area is 272 Å². The van der Waals surface area contributed by atoms with Crippen LogP contribution >= 0.6 is 0 Å². The van der Waals surface area contributed by atoms with Crippen molar-refractivity contribution >= 4 is 54.6 Å². The number of nitrogens with zero attached hydrogens (tertiary/aromatic N) is 2. The highest BCUT2D eigenvalue weighted by Gasteiger charge is 2.14. The highest BCUT2D eigenvalue weighted by Crippen LogP contribution is 2.37. The van der Waals surface area contributed by atoms with Crippen molar-refractivity contribution in [2.24, 2.45) is 4.99 Å². The van der Waals surface area contributed by atoms with Crippen molar-refractivity contribution in [2.75, 3.05) is 0 Å². The number of amidine groups is 1. The predicted molar refractivity (Wildman–Crippen MR) is 194 cm³/mol. The van der Waals surface area contributed by atoms with E-state index < -0.39 is 0 Å². The zero-order chi connectivity index (χ0) is 31.3. The smallest absolute Gasteiger partial charge is 0.141 e. The Bertz CT molecular complexity index is 2550. The van der Waals surface area contributed by atoms with Gasteiger partial charge in [-0.3, -0.25) is 0 Å². The first kappa shape index (κ1) is 27.3. The van der Waals surface area contributed by atoms with Gasteiger partial charge in [-0.2, -0.15) is 0 Å². The van der Waals surface area contributed by atoms with Crippen LogP contribution in [-0.2, 0) is 0 Å². The zero-order valence-corrected chi connectivity index (χ0v) is 25.4. The fraction of sp³-hybridized carbons (Fsp3) is 0. The molecule has 0 aliphatic carbocycles. The van der Waals surface area contributed by atoms with Gasteiger partial charge in [0.05, 0.1) is 0 Å². The van der Waals surface area contributed by atoms with E-state index in [2.05, 4.69) is 151 Å². The molecule has 222 valence electrons. The van der Waals surface area contributed by atoms with Gasteiger partial charge in [0.1, 0.15) is 6.20 Å². The molecule has 0 bridgehead atoms. The van der Waals surface area contributed by atoms with Crippen LogP contribution in [-0.4, -0.2) is 11.0 Å². The van der Waals surface area contributed by atoms with E-state index in [9.17, 15) is 5.21 Å². The average Bonchev–Trinajstić information content (AvgIpc) is 3.14. The fourth-order valence-corrected chi connectivity index (χ4v) is 6.92. The molecule has 0 spiro atoms. The molecule has 8 aromatic rings. The number of quaternary nitrogens is 1. The van der Waals surface area contributed by atoms with E-state index in [4.69, 9.17) is 4.99 Å². The molecule has 8 aromatic carbocycles. The Hall–Kier alpha value is -6.07. The van der Waals surface area contributed by atoms with Crippen molar-refractivity contribution in [1.82, 2.24) is 0 Å². The third kappa shape index (κ3) is 4.75. The fourth-order valence-electron chi connectivity index (χ4n) is 6.92. The maximum atomic E-state index is 10.7.